The molecule has 4 heteroatoms. The van der Waals surface area contributed by atoms with Gasteiger partial charge in [-0.25, -0.2) is 9.78 Å². The van der Waals surface area contributed by atoms with Crippen LogP contribution in [0.25, 0.3) is 10.9 Å². The predicted octanol–water partition coefficient (Wildman–Crippen LogP) is 1.94. The fourth-order valence-corrected chi connectivity index (χ4v) is 1.35. The van der Waals surface area contributed by atoms with E-state index in [9.17, 15) is 4.79 Å². The minimum atomic E-state index is -0.957. The number of aromatic carboxylic acids is 1. The van der Waals surface area contributed by atoms with E-state index < -0.39 is 5.97 Å². The van der Waals surface area contributed by atoms with E-state index in [4.69, 9.17) is 9.84 Å². The van der Waals surface area contributed by atoms with Gasteiger partial charge in [0.2, 0.25) is 5.88 Å². The van der Waals surface area contributed by atoms with E-state index >= 15 is 0 Å². The van der Waals surface area contributed by atoms with Crippen molar-refractivity contribution >= 4 is 16.9 Å². The first kappa shape index (κ1) is 9.45. The Morgan fingerprint density at radius 2 is 2.07 bits per heavy atom. The van der Waals surface area contributed by atoms with Gasteiger partial charge in [0, 0.05) is 11.5 Å². The summed E-state index contributed by atoms with van der Waals surface area (Å²) in [5.41, 5.74) is 0.845. The van der Waals surface area contributed by atoms with E-state index in [2.05, 4.69) is 4.98 Å². The number of hydrogen-bond acceptors (Lipinski definition) is 3. The molecule has 0 radical (unpaired) electrons. The number of pyridine rings is 1. The zero-order valence-corrected chi connectivity index (χ0v) is 8.10. The number of aromatic nitrogens is 1. The maximum Gasteiger partial charge on any atom is 0.335 e. The van der Waals surface area contributed by atoms with Crippen molar-refractivity contribution in [3.63, 3.8) is 0 Å². The van der Waals surface area contributed by atoms with E-state index in [0.717, 1.165) is 5.39 Å². The van der Waals surface area contributed by atoms with Crippen LogP contribution in [0.5, 0.6) is 5.88 Å². The molecule has 2 aromatic rings. The Hall–Kier alpha value is -2.10. The number of carboxylic acid groups (broad SMARTS) is 1. The minimum absolute atomic E-state index is 0.225. The molecule has 76 valence electrons. The molecule has 0 atom stereocenters. The van der Waals surface area contributed by atoms with Gasteiger partial charge in [-0.3, -0.25) is 0 Å². The van der Waals surface area contributed by atoms with Crippen molar-refractivity contribution < 1.29 is 14.6 Å². The van der Waals surface area contributed by atoms with Crippen LogP contribution in [0.2, 0.25) is 0 Å². The second-order valence-electron chi connectivity index (χ2n) is 3.07. The molecule has 0 spiro atoms. The first-order valence-electron chi connectivity index (χ1n) is 4.39. The molecule has 15 heavy (non-hydrogen) atoms. The molecule has 0 saturated carbocycles. The summed E-state index contributed by atoms with van der Waals surface area (Å²) in [4.78, 5) is 14.9. The highest BCUT2D eigenvalue weighted by Gasteiger charge is 2.04. The molecule has 1 N–H and O–H groups in total. The van der Waals surface area contributed by atoms with E-state index in [1.807, 2.05) is 6.07 Å². The molecule has 4 nitrogen and oxygen atoms in total. The van der Waals surface area contributed by atoms with Crippen LogP contribution in [0.4, 0.5) is 0 Å². The van der Waals surface area contributed by atoms with Crippen LogP contribution in [0, 0.1) is 0 Å². The molecule has 1 aromatic heterocycles. The van der Waals surface area contributed by atoms with Crippen LogP contribution in [0.3, 0.4) is 0 Å². The van der Waals surface area contributed by atoms with Crippen LogP contribution in [0.15, 0.2) is 30.3 Å². The highest BCUT2D eigenvalue weighted by molar-refractivity contribution is 5.93. The quantitative estimate of drug-likeness (QED) is 0.810. The summed E-state index contributed by atoms with van der Waals surface area (Å²) < 4.78 is 4.96. The van der Waals surface area contributed by atoms with Crippen molar-refractivity contribution in [2.24, 2.45) is 0 Å². The fourth-order valence-electron chi connectivity index (χ4n) is 1.35. The molecular weight excluding hydrogens is 194 g/mol. The number of fused-ring (bicyclic) bond motifs is 1. The Labute approximate surface area is 86.1 Å². The zero-order chi connectivity index (χ0) is 10.8. The van der Waals surface area contributed by atoms with Crippen molar-refractivity contribution in [1.29, 1.82) is 0 Å². The number of benzene rings is 1. The van der Waals surface area contributed by atoms with Crippen LogP contribution in [-0.4, -0.2) is 23.2 Å². The molecule has 0 bridgehead atoms. The molecule has 1 aromatic carbocycles. The highest BCUT2D eigenvalue weighted by Crippen LogP contribution is 2.17. The Bertz CT molecular complexity index is 522. The number of hydrogen-bond donors (Lipinski definition) is 1. The average Bonchev–Trinajstić information content (AvgIpc) is 2.27. The Kier molecular flexibility index (Phi) is 2.25. The summed E-state index contributed by atoms with van der Waals surface area (Å²) in [6.07, 6.45) is 0. The van der Waals surface area contributed by atoms with Gasteiger partial charge >= 0.3 is 5.97 Å². The summed E-state index contributed by atoms with van der Waals surface area (Å²) in [6, 6.07) is 8.39. The second kappa shape index (κ2) is 3.57. The molecule has 0 amide bonds. The summed E-state index contributed by atoms with van der Waals surface area (Å²) in [5.74, 6) is -0.480. The first-order chi connectivity index (χ1) is 7.20. The summed E-state index contributed by atoms with van der Waals surface area (Å²) in [6.45, 7) is 0. The first-order valence-corrected chi connectivity index (χ1v) is 4.39. The number of nitrogens with zero attached hydrogens (tertiary/aromatic N) is 1. The standard InChI is InChI=1S/C11H9NO3/c1-15-10-5-4-7-2-3-8(11(13)14)6-9(7)12-10/h2-6H,1H3,(H,13,14). The molecule has 0 aliphatic heterocycles. The maximum atomic E-state index is 10.7. The third-order valence-electron chi connectivity index (χ3n) is 2.12. The molecule has 0 unspecified atom stereocenters. The van der Waals surface area contributed by atoms with Crippen molar-refractivity contribution in [2.45, 2.75) is 0 Å². The lowest BCUT2D eigenvalue weighted by Crippen LogP contribution is -1.96. The smallest absolute Gasteiger partial charge is 0.335 e. The Balaban J connectivity index is 2.62. The van der Waals surface area contributed by atoms with Crippen molar-refractivity contribution in [3.8, 4) is 5.88 Å². The normalized spacial score (nSPS) is 10.2. The van der Waals surface area contributed by atoms with Gasteiger partial charge in [-0.05, 0) is 18.2 Å². The number of ether oxygens (including phenoxy) is 1. The Morgan fingerprint density at radius 1 is 1.33 bits per heavy atom. The van der Waals surface area contributed by atoms with Gasteiger partial charge in [0.05, 0.1) is 18.2 Å². The highest BCUT2D eigenvalue weighted by atomic mass is 16.5. The molecule has 1 heterocycles. The SMILES string of the molecule is COc1ccc2ccc(C(=O)O)cc2n1. The Morgan fingerprint density at radius 3 is 2.73 bits per heavy atom. The molecule has 0 saturated heterocycles. The van der Waals surface area contributed by atoms with Crippen LogP contribution >= 0.6 is 0 Å². The van der Waals surface area contributed by atoms with E-state index in [1.54, 1.807) is 18.2 Å². The number of carbonyl (C=O) groups is 1. The second-order valence-corrected chi connectivity index (χ2v) is 3.07. The fraction of sp³-hybridized carbons (Fsp3) is 0.0909. The molecule has 0 aliphatic carbocycles. The van der Waals surface area contributed by atoms with E-state index in [0.29, 0.717) is 11.4 Å². The third-order valence-corrected chi connectivity index (χ3v) is 2.12. The molecular formula is C11H9NO3. The lowest BCUT2D eigenvalue weighted by molar-refractivity contribution is 0.0697. The third kappa shape index (κ3) is 1.74. The number of carboxylic acids is 1. The molecule has 0 fully saturated rings. The molecule has 0 aliphatic rings. The van der Waals surface area contributed by atoms with Gasteiger partial charge in [-0.2, -0.15) is 0 Å². The zero-order valence-electron chi connectivity index (χ0n) is 8.10. The number of rotatable bonds is 2. The van der Waals surface area contributed by atoms with Crippen molar-refractivity contribution in [2.75, 3.05) is 7.11 Å². The maximum absolute atomic E-state index is 10.7. The number of methoxy groups -OCH3 is 1. The van der Waals surface area contributed by atoms with Gasteiger partial charge in [0.1, 0.15) is 0 Å². The van der Waals surface area contributed by atoms with Gasteiger partial charge in [-0.1, -0.05) is 6.07 Å². The largest absolute Gasteiger partial charge is 0.481 e. The van der Waals surface area contributed by atoms with Gasteiger partial charge < -0.3 is 9.84 Å². The topological polar surface area (TPSA) is 59.4 Å². The van der Waals surface area contributed by atoms with Crippen LogP contribution in [-0.2, 0) is 0 Å². The monoisotopic (exact) mass is 203 g/mol. The van der Waals surface area contributed by atoms with Gasteiger partial charge in [0.25, 0.3) is 0 Å². The van der Waals surface area contributed by atoms with E-state index in [1.165, 1.54) is 13.2 Å². The van der Waals surface area contributed by atoms with Gasteiger partial charge in [0.15, 0.2) is 0 Å². The van der Waals surface area contributed by atoms with Crippen molar-refractivity contribution in [3.05, 3.63) is 35.9 Å². The van der Waals surface area contributed by atoms with E-state index in [-0.39, 0.29) is 5.56 Å². The van der Waals surface area contributed by atoms with Crippen molar-refractivity contribution in [1.82, 2.24) is 4.98 Å². The average molecular weight is 203 g/mol. The lowest BCUT2D eigenvalue weighted by atomic mass is 10.1. The van der Waals surface area contributed by atoms with Crippen LogP contribution < -0.4 is 4.74 Å². The minimum Gasteiger partial charge on any atom is -0.481 e. The van der Waals surface area contributed by atoms with Gasteiger partial charge in [-0.15, -0.1) is 0 Å². The summed E-state index contributed by atoms with van der Waals surface area (Å²) in [5, 5.41) is 9.70. The predicted molar refractivity (Wildman–Crippen MR) is 55.3 cm³/mol. The van der Waals surface area contributed by atoms with Crippen LogP contribution in [0.1, 0.15) is 10.4 Å². The summed E-state index contributed by atoms with van der Waals surface area (Å²) in [7, 11) is 1.52. The summed E-state index contributed by atoms with van der Waals surface area (Å²) >= 11 is 0. The molecule has 2 rings (SSSR count). The lowest BCUT2D eigenvalue weighted by Gasteiger charge is -2.02.